The van der Waals surface area contributed by atoms with Crippen molar-refractivity contribution in [3.8, 4) is 5.75 Å². The number of likely N-dealkylation sites (tertiary alicyclic amines) is 1. The van der Waals surface area contributed by atoms with Gasteiger partial charge in [-0.05, 0) is 38.0 Å². The average Bonchev–Trinajstić information content (AvgIpc) is 2.67. The topological polar surface area (TPSA) is 18.5 Å². The van der Waals surface area contributed by atoms with Crippen LogP contribution in [0.1, 0.15) is 77.7 Å². The lowest BCUT2D eigenvalue weighted by Crippen LogP contribution is -2.66. The Hall–Kier alpha value is -1.06. The SMILES string of the molecule is CCCCCCCCCCOc1ccc(COC2C[N+](CC)(CC)C2)cc1. The maximum Gasteiger partial charge on any atom is 0.155 e. The van der Waals surface area contributed by atoms with E-state index in [0.717, 1.165) is 25.4 Å². The van der Waals surface area contributed by atoms with Crippen LogP contribution in [0.25, 0.3) is 0 Å². The number of ether oxygens (including phenoxy) is 2. The van der Waals surface area contributed by atoms with Gasteiger partial charge in [0.2, 0.25) is 0 Å². The van der Waals surface area contributed by atoms with Gasteiger partial charge in [-0.3, -0.25) is 0 Å². The number of hydrogen-bond acceptors (Lipinski definition) is 2. The molecule has 154 valence electrons. The second-order valence-electron chi connectivity index (χ2n) is 8.24. The van der Waals surface area contributed by atoms with E-state index >= 15 is 0 Å². The molecule has 27 heavy (non-hydrogen) atoms. The summed E-state index contributed by atoms with van der Waals surface area (Å²) >= 11 is 0. The summed E-state index contributed by atoms with van der Waals surface area (Å²) in [4.78, 5) is 0. The Morgan fingerprint density at radius 1 is 0.815 bits per heavy atom. The summed E-state index contributed by atoms with van der Waals surface area (Å²) in [6.07, 6.45) is 11.1. The molecule has 1 aliphatic heterocycles. The minimum atomic E-state index is 0.433. The maximum atomic E-state index is 6.07. The Morgan fingerprint density at radius 3 is 2.00 bits per heavy atom. The molecule has 0 N–H and O–H groups in total. The van der Waals surface area contributed by atoms with Gasteiger partial charge in [0, 0.05) is 0 Å². The standard InChI is InChI=1S/C24H42NO2/c1-4-7-8-9-10-11-12-13-18-26-23-16-14-22(15-17-23)21-27-24-19-25(5-2,6-3)20-24/h14-17,24H,4-13,18-21H2,1-3H3/q+1. The maximum absolute atomic E-state index is 6.07. The van der Waals surface area contributed by atoms with Gasteiger partial charge < -0.3 is 14.0 Å². The summed E-state index contributed by atoms with van der Waals surface area (Å²) in [5, 5.41) is 0. The summed E-state index contributed by atoms with van der Waals surface area (Å²) < 4.78 is 13.2. The quantitative estimate of drug-likeness (QED) is 0.278. The number of unbranched alkanes of at least 4 members (excludes halogenated alkanes) is 7. The molecule has 2 rings (SSSR count). The highest BCUT2D eigenvalue weighted by atomic mass is 16.5. The lowest BCUT2D eigenvalue weighted by atomic mass is 10.1. The van der Waals surface area contributed by atoms with E-state index in [9.17, 15) is 0 Å². The minimum absolute atomic E-state index is 0.433. The van der Waals surface area contributed by atoms with E-state index in [4.69, 9.17) is 9.47 Å². The summed E-state index contributed by atoms with van der Waals surface area (Å²) in [5.74, 6) is 0.984. The molecule has 0 radical (unpaired) electrons. The second-order valence-corrected chi connectivity index (χ2v) is 8.24. The number of quaternary nitrogens is 1. The molecular weight excluding hydrogens is 334 g/mol. The van der Waals surface area contributed by atoms with Gasteiger partial charge in [0.05, 0.1) is 26.3 Å². The van der Waals surface area contributed by atoms with E-state index in [-0.39, 0.29) is 0 Å². The first kappa shape index (κ1) is 22.2. The Kier molecular flexibility index (Phi) is 10.2. The van der Waals surface area contributed by atoms with Gasteiger partial charge in [-0.2, -0.15) is 0 Å². The molecular formula is C24H42NO2+. The zero-order valence-electron chi connectivity index (χ0n) is 18.0. The van der Waals surface area contributed by atoms with Crippen LogP contribution in [-0.2, 0) is 11.3 Å². The van der Waals surface area contributed by atoms with Crippen molar-refractivity contribution in [3.63, 3.8) is 0 Å². The molecule has 1 aliphatic rings. The van der Waals surface area contributed by atoms with Crippen molar-refractivity contribution < 1.29 is 14.0 Å². The van der Waals surface area contributed by atoms with Crippen LogP contribution in [0, 0.1) is 0 Å². The van der Waals surface area contributed by atoms with E-state index in [2.05, 4.69) is 45.0 Å². The third-order valence-corrected chi connectivity index (χ3v) is 6.20. The van der Waals surface area contributed by atoms with Crippen molar-refractivity contribution in [1.29, 1.82) is 0 Å². The highest BCUT2D eigenvalue weighted by Crippen LogP contribution is 2.23. The zero-order chi connectivity index (χ0) is 19.4. The van der Waals surface area contributed by atoms with Gasteiger partial charge in [0.25, 0.3) is 0 Å². The summed E-state index contributed by atoms with van der Waals surface area (Å²) in [7, 11) is 0. The van der Waals surface area contributed by atoms with E-state index in [1.807, 2.05) is 0 Å². The first-order valence-corrected chi connectivity index (χ1v) is 11.4. The number of nitrogens with zero attached hydrogens (tertiary/aromatic N) is 1. The molecule has 0 aliphatic carbocycles. The predicted molar refractivity (Wildman–Crippen MR) is 114 cm³/mol. The van der Waals surface area contributed by atoms with E-state index in [1.165, 1.54) is 81.2 Å². The van der Waals surface area contributed by atoms with Crippen LogP contribution in [0.5, 0.6) is 5.75 Å². The van der Waals surface area contributed by atoms with Crippen LogP contribution in [-0.4, -0.2) is 43.4 Å². The summed E-state index contributed by atoms with van der Waals surface area (Å²) in [5.41, 5.74) is 1.24. The van der Waals surface area contributed by atoms with Gasteiger partial charge >= 0.3 is 0 Å². The van der Waals surface area contributed by atoms with Crippen LogP contribution >= 0.6 is 0 Å². The number of rotatable bonds is 15. The molecule has 1 aromatic carbocycles. The van der Waals surface area contributed by atoms with Gasteiger partial charge in [-0.1, -0.05) is 64.0 Å². The first-order chi connectivity index (χ1) is 13.2. The lowest BCUT2D eigenvalue weighted by molar-refractivity contribution is -0.969. The molecule has 3 heteroatoms. The van der Waals surface area contributed by atoms with Crippen LogP contribution in [0.4, 0.5) is 0 Å². The normalized spacial score (nSPS) is 16.3. The summed E-state index contributed by atoms with van der Waals surface area (Å²) in [6, 6.07) is 8.46. The van der Waals surface area contributed by atoms with Crippen LogP contribution in [0.2, 0.25) is 0 Å². The highest BCUT2D eigenvalue weighted by Gasteiger charge is 2.41. The molecule has 0 saturated carbocycles. The van der Waals surface area contributed by atoms with E-state index in [1.54, 1.807) is 0 Å². The van der Waals surface area contributed by atoms with Gasteiger partial charge in [-0.15, -0.1) is 0 Å². The van der Waals surface area contributed by atoms with Crippen molar-refractivity contribution in [3.05, 3.63) is 29.8 Å². The lowest BCUT2D eigenvalue weighted by Gasteiger charge is -2.49. The van der Waals surface area contributed by atoms with Gasteiger partial charge in [-0.25, -0.2) is 0 Å². The molecule has 1 saturated heterocycles. The molecule has 0 bridgehead atoms. The van der Waals surface area contributed by atoms with E-state index in [0.29, 0.717) is 6.10 Å². The minimum Gasteiger partial charge on any atom is -0.494 e. The Balaban J connectivity index is 1.51. The van der Waals surface area contributed by atoms with Crippen molar-refractivity contribution in [2.45, 2.75) is 84.8 Å². The number of hydrogen-bond donors (Lipinski definition) is 0. The van der Waals surface area contributed by atoms with Crippen molar-refractivity contribution in [2.24, 2.45) is 0 Å². The average molecular weight is 377 g/mol. The molecule has 0 unspecified atom stereocenters. The Bertz CT molecular complexity index is 488. The second kappa shape index (κ2) is 12.4. The zero-order valence-corrected chi connectivity index (χ0v) is 18.0. The molecule has 1 fully saturated rings. The molecule has 1 heterocycles. The number of likely N-dealkylation sites (N-methyl/N-ethyl adjacent to an activating group) is 1. The monoisotopic (exact) mass is 376 g/mol. The number of benzene rings is 1. The smallest absolute Gasteiger partial charge is 0.155 e. The third kappa shape index (κ3) is 7.83. The Labute approximate surface area is 167 Å². The predicted octanol–water partition coefficient (Wildman–Crippen LogP) is 5.96. The first-order valence-electron chi connectivity index (χ1n) is 11.4. The van der Waals surface area contributed by atoms with Crippen molar-refractivity contribution in [1.82, 2.24) is 0 Å². The fourth-order valence-corrected chi connectivity index (χ4v) is 3.98. The molecule has 0 atom stereocenters. The fourth-order valence-electron chi connectivity index (χ4n) is 3.98. The van der Waals surface area contributed by atoms with E-state index < -0.39 is 0 Å². The highest BCUT2D eigenvalue weighted by molar-refractivity contribution is 5.26. The summed E-state index contributed by atoms with van der Waals surface area (Å²) in [6.45, 7) is 13.2. The van der Waals surface area contributed by atoms with Crippen molar-refractivity contribution >= 4 is 0 Å². The molecule has 0 amide bonds. The van der Waals surface area contributed by atoms with Crippen LogP contribution < -0.4 is 4.74 Å². The van der Waals surface area contributed by atoms with Gasteiger partial charge in [0.15, 0.2) is 6.10 Å². The van der Waals surface area contributed by atoms with Crippen molar-refractivity contribution in [2.75, 3.05) is 32.8 Å². The molecule has 0 aromatic heterocycles. The van der Waals surface area contributed by atoms with Crippen LogP contribution in [0.15, 0.2) is 24.3 Å². The Morgan fingerprint density at radius 2 is 1.41 bits per heavy atom. The molecule has 3 nitrogen and oxygen atoms in total. The molecule has 0 spiro atoms. The van der Waals surface area contributed by atoms with Gasteiger partial charge in [0.1, 0.15) is 18.8 Å². The fraction of sp³-hybridized carbons (Fsp3) is 0.750. The third-order valence-electron chi connectivity index (χ3n) is 6.20. The largest absolute Gasteiger partial charge is 0.494 e. The molecule has 1 aromatic rings. The van der Waals surface area contributed by atoms with Crippen LogP contribution in [0.3, 0.4) is 0 Å².